The SMILES string of the molecule is Cc1ccc(CNC(=O)c2cncc(Nc3cccc(F)c3)c2)cc1. The number of aryl methyl sites for hydroxylation is 1. The lowest BCUT2D eigenvalue weighted by molar-refractivity contribution is 0.0950. The molecule has 0 saturated heterocycles. The van der Waals surface area contributed by atoms with Crippen LogP contribution >= 0.6 is 0 Å². The predicted octanol–water partition coefficient (Wildman–Crippen LogP) is 4.20. The molecular weight excluding hydrogens is 317 g/mol. The van der Waals surface area contributed by atoms with Gasteiger partial charge in [-0.15, -0.1) is 0 Å². The molecule has 0 aliphatic rings. The minimum atomic E-state index is -0.329. The van der Waals surface area contributed by atoms with Crippen molar-refractivity contribution in [3.05, 3.63) is 89.5 Å². The fraction of sp³-hybridized carbons (Fsp3) is 0.100. The van der Waals surface area contributed by atoms with Crippen LogP contribution in [0.4, 0.5) is 15.8 Å². The van der Waals surface area contributed by atoms with Gasteiger partial charge in [-0.2, -0.15) is 0 Å². The number of carbonyl (C=O) groups excluding carboxylic acids is 1. The van der Waals surface area contributed by atoms with E-state index in [0.717, 1.165) is 5.56 Å². The maximum absolute atomic E-state index is 13.2. The number of halogens is 1. The summed E-state index contributed by atoms with van der Waals surface area (Å²) in [5.74, 6) is -0.541. The van der Waals surface area contributed by atoms with E-state index in [1.165, 1.54) is 23.9 Å². The highest BCUT2D eigenvalue weighted by molar-refractivity contribution is 5.94. The van der Waals surface area contributed by atoms with E-state index in [1.54, 1.807) is 24.4 Å². The van der Waals surface area contributed by atoms with Gasteiger partial charge in [0, 0.05) is 18.4 Å². The highest BCUT2D eigenvalue weighted by Crippen LogP contribution is 2.17. The van der Waals surface area contributed by atoms with Gasteiger partial charge in [0.15, 0.2) is 0 Å². The number of aromatic nitrogens is 1. The minimum Gasteiger partial charge on any atom is -0.354 e. The molecule has 0 aliphatic heterocycles. The number of pyridine rings is 1. The van der Waals surface area contributed by atoms with Crippen LogP contribution in [0.1, 0.15) is 21.5 Å². The third-order valence-corrected chi connectivity index (χ3v) is 3.69. The maximum Gasteiger partial charge on any atom is 0.253 e. The minimum absolute atomic E-state index is 0.212. The number of nitrogens with zero attached hydrogens (tertiary/aromatic N) is 1. The van der Waals surface area contributed by atoms with Crippen molar-refractivity contribution in [1.82, 2.24) is 10.3 Å². The summed E-state index contributed by atoms with van der Waals surface area (Å²) in [6.07, 6.45) is 3.09. The quantitative estimate of drug-likeness (QED) is 0.735. The zero-order valence-electron chi connectivity index (χ0n) is 13.8. The summed E-state index contributed by atoms with van der Waals surface area (Å²) in [4.78, 5) is 16.4. The highest BCUT2D eigenvalue weighted by Gasteiger charge is 2.07. The van der Waals surface area contributed by atoms with E-state index in [2.05, 4.69) is 15.6 Å². The van der Waals surface area contributed by atoms with Crippen LogP contribution < -0.4 is 10.6 Å². The summed E-state index contributed by atoms with van der Waals surface area (Å²) < 4.78 is 13.2. The molecular formula is C20H18FN3O. The molecule has 0 atom stereocenters. The van der Waals surface area contributed by atoms with Crippen molar-refractivity contribution in [1.29, 1.82) is 0 Å². The second-order valence-electron chi connectivity index (χ2n) is 5.77. The Labute approximate surface area is 145 Å². The molecule has 0 fully saturated rings. The molecule has 1 heterocycles. The van der Waals surface area contributed by atoms with E-state index in [9.17, 15) is 9.18 Å². The monoisotopic (exact) mass is 335 g/mol. The normalized spacial score (nSPS) is 10.3. The molecule has 1 amide bonds. The van der Waals surface area contributed by atoms with Gasteiger partial charge in [0.1, 0.15) is 5.82 Å². The van der Waals surface area contributed by atoms with Gasteiger partial charge in [0.25, 0.3) is 5.91 Å². The van der Waals surface area contributed by atoms with E-state index in [0.29, 0.717) is 23.5 Å². The van der Waals surface area contributed by atoms with Crippen LogP contribution in [0.2, 0.25) is 0 Å². The molecule has 0 spiro atoms. The van der Waals surface area contributed by atoms with Crippen molar-refractivity contribution in [2.45, 2.75) is 13.5 Å². The zero-order chi connectivity index (χ0) is 17.6. The lowest BCUT2D eigenvalue weighted by atomic mass is 10.1. The van der Waals surface area contributed by atoms with Crippen molar-refractivity contribution in [3.8, 4) is 0 Å². The standard InChI is InChI=1S/C20H18FN3O/c1-14-5-7-15(8-6-14)11-23-20(25)16-9-19(13-22-12-16)24-18-4-2-3-17(21)10-18/h2-10,12-13,24H,11H2,1H3,(H,23,25). The topological polar surface area (TPSA) is 54.0 Å². The van der Waals surface area contributed by atoms with Crippen molar-refractivity contribution >= 4 is 17.3 Å². The summed E-state index contributed by atoms with van der Waals surface area (Å²) in [6, 6.07) is 15.8. The third-order valence-electron chi connectivity index (χ3n) is 3.69. The molecule has 3 aromatic rings. The fourth-order valence-corrected chi connectivity index (χ4v) is 2.36. The second-order valence-corrected chi connectivity index (χ2v) is 5.77. The second kappa shape index (κ2) is 7.57. The number of carbonyl (C=O) groups is 1. The molecule has 0 aliphatic carbocycles. The van der Waals surface area contributed by atoms with Crippen molar-refractivity contribution < 1.29 is 9.18 Å². The number of rotatable bonds is 5. The van der Waals surface area contributed by atoms with Gasteiger partial charge in [0.05, 0.1) is 17.4 Å². The van der Waals surface area contributed by atoms with Crippen LogP contribution in [-0.2, 0) is 6.54 Å². The number of benzene rings is 2. The van der Waals surface area contributed by atoms with E-state index in [1.807, 2.05) is 31.2 Å². The summed E-state index contributed by atoms with van der Waals surface area (Å²) in [6.45, 7) is 2.46. The summed E-state index contributed by atoms with van der Waals surface area (Å²) in [7, 11) is 0. The molecule has 0 bridgehead atoms. The Morgan fingerprint density at radius 1 is 1.04 bits per heavy atom. The summed E-state index contributed by atoms with van der Waals surface area (Å²) in [5.41, 5.74) is 3.86. The highest BCUT2D eigenvalue weighted by atomic mass is 19.1. The summed E-state index contributed by atoms with van der Waals surface area (Å²) in [5, 5.41) is 5.91. The molecule has 126 valence electrons. The first-order valence-electron chi connectivity index (χ1n) is 7.91. The van der Waals surface area contributed by atoms with Gasteiger partial charge in [-0.05, 0) is 36.8 Å². The summed E-state index contributed by atoms with van der Waals surface area (Å²) >= 11 is 0. The Hall–Kier alpha value is -3.21. The number of nitrogens with one attached hydrogen (secondary N) is 2. The van der Waals surface area contributed by atoms with Gasteiger partial charge >= 0.3 is 0 Å². The van der Waals surface area contributed by atoms with Crippen LogP contribution in [0.15, 0.2) is 67.0 Å². The molecule has 2 aromatic carbocycles. The van der Waals surface area contributed by atoms with Crippen molar-refractivity contribution in [2.75, 3.05) is 5.32 Å². The Kier molecular flexibility index (Phi) is 5.04. The van der Waals surface area contributed by atoms with E-state index < -0.39 is 0 Å². The number of hydrogen-bond acceptors (Lipinski definition) is 3. The van der Waals surface area contributed by atoms with Crippen molar-refractivity contribution in [2.24, 2.45) is 0 Å². The molecule has 25 heavy (non-hydrogen) atoms. The van der Waals surface area contributed by atoms with Gasteiger partial charge < -0.3 is 10.6 Å². The average Bonchev–Trinajstić information content (AvgIpc) is 2.61. The smallest absolute Gasteiger partial charge is 0.253 e. The van der Waals surface area contributed by atoms with E-state index >= 15 is 0 Å². The predicted molar refractivity (Wildman–Crippen MR) is 96.3 cm³/mol. The van der Waals surface area contributed by atoms with Crippen LogP contribution in [-0.4, -0.2) is 10.9 Å². The Bertz CT molecular complexity index is 878. The Balaban J connectivity index is 1.65. The maximum atomic E-state index is 13.2. The first-order chi connectivity index (χ1) is 12.1. The zero-order valence-corrected chi connectivity index (χ0v) is 13.8. The van der Waals surface area contributed by atoms with E-state index in [4.69, 9.17) is 0 Å². The Morgan fingerprint density at radius 2 is 1.84 bits per heavy atom. The number of hydrogen-bond donors (Lipinski definition) is 2. The molecule has 0 unspecified atom stereocenters. The van der Waals surface area contributed by atoms with Crippen LogP contribution in [0.3, 0.4) is 0 Å². The van der Waals surface area contributed by atoms with E-state index in [-0.39, 0.29) is 11.7 Å². The Morgan fingerprint density at radius 3 is 2.60 bits per heavy atom. The molecule has 1 aromatic heterocycles. The molecule has 2 N–H and O–H groups in total. The third kappa shape index (κ3) is 4.64. The lowest BCUT2D eigenvalue weighted by Gasteiger charge is -2.09. The van der Waals surface area contributed by atoms with Crippen LogP contribution in [0, 0.1) is 12.7 Å². The van der Waals surface area contributed by atoms with Gasteiger partial charge in [0.2, 0.25) is 0 Å². The van der Waals surface area contributed by atoms with Gasteiger partial charge in [-0.25, -0.2) is 4.39 Å². The molecule has 5 heteroatoms. The molecule has 4 nitrogen and oxygen atoms in total. The first-order valence-corrected chi connectivity index (χ1v) is 7.91. The first kappa shape index (κ1) is 16.6. The average molecular weight is 335 g/mol. The molecule has 3 rings (SSSR count). The lowest BCUT2D eigenvalue weighted by Crippen LogP contribution is -2.23. The largest absolute Gasteiger partial charge is 0.354 e. The van der Waals surface area contributed by atoms with Crippen molar-refractivity contribution in [3.63, 3.8) is 0 Å². The number of anilines is 2. The van der Waals surface area contributed by atoms with Crippen LogP contribution in [0.5, 0.6) is 0 Å². The molecule has 0 saturated carbocycles. The fourth-order valence-electron chi connectivity index (χ4n) is 2.36. The van der Waals surface area contributed by atoms with Crippen LogP contribution in [0.25, 0.3) is 0 Å². The van der Waals surface area contributed by atoms with Gasteiger partial charge in [-0.1, -0.05) is 35.9 Å². The number of amides is 1. The van der Waals surface area contributed by atoms with Gasteiger partial charge in [-0.3, -0.25) is 9.78 Å². The molecule has 0 radical (unpaired) electrons.